The molecule has 0 aromatic heterocycles. The molecule has 0 saturated carbocycles. The first-order valence-corrected chi connectivity index (χ1v) is 9.65. The molecule has 1 aromatic rings. The number of methoxy groups -OCH3 is 2. The quantitative estimate of drug-likeness (QED) is 0.524. The Morgan fingerprint density at radius 2 is 2.10 bits per heavy atom. The number of esters is 1. The minimum absolute atomic E-state index is 0.0719. The summed E-state index contributed by atoms with van der Waals surface area (Å²) >= 11 is 5.23. The summed E-state index contributed by atoms with van der Waals surface area (Å²) in [5.41, 5.74) is 1.60. The molecule has 0 fully saturated rings. The molecule has 156 valence electrons. The molecule has 3 rings (SSSR count). The van der Waals surface area contributed by atoms with Crippen molar-refractivity contribution in [2.75, 3.05) is 20.8 Å². The van der Waals surface area contributed by atoms with Gasteiger partial charge in [0.1, 0.15) is 5.75 Å². The van der Waals surface area contributed by atoms with Gasteiger partial charge in [-0.05, 0) is 36.0 Å². The number of ether oxygens (including phenoxy) is 2. The van der Waals surface area contributed by atoms with Crippen LogP contribution in [-0.4, -0.2) is 54.3 Å². The number of hydrogen-bond acceptors (Lipinski definition) is 6. The Bertz CT molecular complexity index is 983. The lowest BCUT2D eigenvalue weighted by Gasteiger charge is -2.30. The highest BCUT2D eigenvalue weighted by Gasteiger charge is 2.35. The van der Waals surface area contributed by atoms with Crippen LogP contribution in [0.1, 0.15) is 12.0 Å². The highest BCUT2D eigenvalue weighted by molar-refractivity contribution is 7.80. The van der Waals surface area contributed by atoms with Crippen LogP contribution >= 0.6 is 12.2 Å². The van der Waals surface area contributed by atoms with Crippen molar-refractivity contribution in [3.05, 3.63) is 53.6 Å². The van der Waals surface area contributed by atoms with Crippen molar-refractivity contribution in [3.63, 3.8) is 0 Å². The third-order valence-electron chi connectivity index (χ3n) is 4.69. The maximum Gasteiger partial charge on any atom is 0.337 e. The van der Waals surface area contributed by atoms with Gasteiger partial charge in [-0.2, -0.15) is 0 Å². The van der Waals surface area contributed by atoms with Gasteiger partial charge in [0.25, 0.3) is 0 Å². The Kier molecular flexibility index (Phi) is 6.73. The number of nitrogens with zero attached hydrogens (tertiary/aromatic N) is 2. The van der Waals surface area contributed by atoms with Crippen molar-refractivity contribution < 1.29 is 23.9 Å². The fourth-order valence-corrected chi connectivity index (χ4v) is 3.36. The van der Waals surface area contributed by atoms with E-state index in [1.54, 1.807) is 13.2 Å². The third-order valence-corrected chi connectivity index (χ3v) is 5.00. The normalized spacial score (nSPS) is 17.7. The number of carbonyl (C=O) groups is 3. The number of thiocarbonyl (C=S) groups is 1. The van der Waals surface area contributed by atoms with Gasteiger partial charge in [0.15, 0.2) is 0 Å². The van der Waals surface area contributed by atoms with Gasteiger partial charge >= 0.3 is 5.97 Å². The summed E-state index contributed by atoms with van der Waals surface area (Å²) in [6, 6.07) is 7.39. The molecule has 2 amide bonds. The molecule has 30 heavy (non-hydrogen) atoms. The number of allylic oxidation sites excluding steroid dienone is 1. The van der Waals surface area contributed by atoms with Crippen LogP contribution in [-0.2, 0) is 25.7 Å². The molecule has 1 N–H and O–H groups in total. The van der Waals surface area contributed by atoms with Crippen molar-refractivity contribution in [2.24, 2.45) is 10.9 Å². The van der Waals surface area contributed by atoms with E-state index in [-0.39, 0.29) is 29.9 Å². The minimum atomic E-state index is -0.634. The van der Waals surface area contributed by atoms with Gasteiger partial charge in [-0.3, -0.25) is 14.5 Å². The van der Waals surface area contributed by atoms with Crippen LogP contribution in [0.4, 0.5) is 0 Å². The molecule has 1 unspecified atom stereocenters. The summed E-state index contributed by atoms with van der Waals surface area (Å²) < 4.78 is 9.85. The minimum Gasteiger partial charge on any atom is -0.497 e. The average molecular weight is 427 g/mol. The third kappa shape index (κ3) is 4.80. The molecule has 1 aliphatic carbocycles. The molecule has 9 heteroatoms. The summed E-state index contributed by atoms with van der Waals surface area (Å²) in [5.74, 6) is -0.923. The van der Waals surface area contributed by atoms with E-state index in [9.17, 15) is 14.4 Å². The lowest BCUT2D eigenvalue weighted by atomic mass is 9.92. The molecule has 0 spiro atoms. The lowest BCUT2D eigenvalue weighted by Crippen LogP contribution is -2.47. The molecular formula is C21H21N3O5S. The Morgan fingerprint density at radius 1 is 1.30 bits per heavy atom. The van der Waals surface area contributed by atoms with Gasteiger partial charge in [0.2, 0.25) is 16.9 Å². The number of carbonyl (C=O) groups excluding carboxylic acids is 3. The fourth-order valence-electron chi connectivity index (χ4n) is 3.07. The van der Waals surface area contributed by atoms with Gasteiger partial charge in [0, 0.05) is 19.5 Å². The number of benzene rings is 1. The number of aliphatic imine (C=N–C) groups is 1. The van der Waals surface area contributed by atoms with Crippen molar-refractivity contribution >= 4 is 40.8 Å². The molecule has 1 atom stereocenters. The van der Waals surface area contributed by atoms with E-state index in [1.807, 2.05) is 24.3 Å². The second-order valence-corrected chi connectivity index (χ2v) is 6.98. The Morgan fingerprint density at radius 3 is 2.83 bits per heavy atom. The van der Waals surface area contributed by atoms with Crippen LogP contribution in [0.2, 0.25) is 0 Å². The summed E-state index contributed by atoms with van der Waals surface area (Å²) in [5, 5.41) is 2.89. The Balaban J connectivity index is 1.58. The number of hydrogen-bond donors (Lipinski definition) is 1. The number of amides is 2. The number of nitrogens with one attached hydrogen (secondary N) is 1. The Hall–Kier alpha value is -3.33. The SMILES string of the molecule is COC(=O)C1=CC2=NC(=S)N(CCC(=O)NCc3cccc(OC)c3)C(=O)C2C=C1. The summed E-state index contributed by atoms with van der Waals surface area (Å²) in [6.45, 7) is 0.472. The van der Waals surface area contributed by atoms with Crippen LogP contribution in [0.15, 0.2) is 53.1 Å². The van der Waals surface area contributed by atoms with Gasteiger partial charge in [-0.1, -0.05) is 24.3 Å². The van der Waals surface area contributed by atoms with E-state index >= 15 is 0 Å². The van der Waals surface area contributed by atoms with E-state index in [2.05, 4.69) is 15.0 Å². The monoisotopic (exact) mass is 427 g/mol. The van der Waals surface area contributed by atoms with Crippen molar-refractivity contribution in [1.29, 1.82) is 0 Å². The highest BCUT2D eigenvalue weighted by atomic mass is 32.1. The smallest absolute Gasteiger partial charge is 0.337 e. The molecule has 1 heterocycles. The maximum absolute atomic E-state index is 12.8. The molecule has 2 aliphatic rings. The van der Waals surface area contributed by atoms with Crippen molar-refractivity contribution in [1.82, 2.24) is 10.2 Å². The fraction of sp³-hybridized carbons (Fsp3) is 0.286. The molecule has 0 radical (unpaired) electrons. The average Bonchev–Trinajstić information content (AvgIpc) is 2.76. The second-order valence-electron chi connectivity index (χ2n) is 6.62. The predicted molar refractivity (Wildman–Crippen MR) is 114 cm³/mol. The van der Waals surface area contributed by atoms with Crippen molar-refractivity contribution in [3.8, 4) is 5.75 Å². The molecule has 1 aromatic carbocycles. The molecule has 0 saturated heterocycles. The summed E-state index contributed by atoms with van der Waals surface area (Å²) in [4.78, 5) is 42.3. The van der Waals surface area contributed by atoms with E-state index in [1.165, 1.54) is 24.2 Å². The van der Waals surface area contributed by atoms with Crippen LogP contribution < -0.4 is 10.1 Å². The second kappa shape index (κ2) is 9.45. The van der Waals surface area contributed by atoms with Crippen LogP contribution in [0, 0.1) is 5.92 Å². The highest BCUT2D eigenvalue weighted by Crippen LogP contribution is 2.23. The first kappa shape index (κ1) is 21.4. The van der Waals surface area contributed by atoms with Gasteiger partial charge in [-0.15, -0.1) is 0 Å². The molecule has 1 aliphatic heterocycles. The largest absolute Gasteiger partial charge is 0.497 e. The van der Waals surface area contributed by atoms with Gasteiger partial charge in [0.05, 0.1) is 31.4 Å². The van der Waals surface area contributed by atoms with Crippen LogP contribution in [0.3, 0.4) is 0 Å². The molecule has 0 bridgehead atoms. The number of rotatable bonds is 7. The van der Waals surface area contributed by atoms with Gasteiger partial charge in [-0.25, -0.2) is 9.79 Å². The van der Waals surface area contributed by atoms with Gasteiger partial charge < -0.3 is 14.8 Å². The lowest BCUT2D eigenvalue weighted by molar-refractivity contribution is -0.136. The van der Waals surface area contributed by atoms with Crippen LogP contribution in [0.5, 0.6) is 5.75 Å². The predicted octanol–water partition coefficient (Wildman–Crippen LogP) is 1.55. The maximum atomic E-state index is 12.8. The zero-order valence-electron chi connectivity index (χ0n) is 16.6. The first-order valence-electron chi connectivity index (χ1n) is 9.24. The summed E-state index contributed by atoms with van der Waals surface area (Å²) in [6.07, 6.45) is 4.70. The zero-order chi connectivity index (χ0) is 21.7. The Labute approximate surface area is 179 Å². The standard InChI is InChI=1S/C21H21N3O5S/c1-28-15-5-3-4-13(10-15)12-22-18(25)8-9-24-19(26)16-7-6-14(20(27)29-2)11-17(16)23-21(24)30/h3-7,10-11,16H,8-9,12H2,1-2H3,(H,22,25). The van der Waals surface area contributed by atoms with E-state index in [4.69, 9.17) is 17.0 Å². The van der Waals surface area contributed by atoms with Crippen molar-refractivity contribution in [2.45, 2.75) is 13.0 Å². The zero-order valence-corrected chi connectivity index (χ0v) is 17.4. The molecule has 8 nitrogen and oxygen atoms in total. The van der Waals surface area contributed by atoms with E-state index in [0.29, 0.717) is 23.6 Å². The van der Waals surface area contributed by atoms with Crippen LogP contribution in [0.25, 0.3) is 0 Å². The van der Waals surface area contributed by atoms with E-state index < -0.39 is 11.9 Å². The topological polar surface area (TPSA) is 97.3 Å². The van der Waals surface area contributed by atoms with E-state index in [0.717, 1.165) is 5.56 Å². The number of fused-ring (bicyclic) bond motifs is 1. The summed E-state index contributed by atoms with van der Waals surface area (Å²) in [7, 11) is 2.86. The molecular weight excluding hydrogens is 406 g/mol. The first-order chi connectivity index (χ1) is 14.4.